The summed E-state index contributed by atoms with van der Waals surface area (Å²) >= 11 is 0. The van der Waals surface area contributed by atoms with Gasteiger partial charge in [0, 0.05) is 12.5 Å². The Hall–Kier alpha value is -1.26. The quantitative estimate of drug-likeness (QED) is 0.875. The van der Waals surface area contributed by atoms with Crippen molar-refractivity contribution in [2.75, 3.05) is 20.3 Å². The number of benzene rings is 1. The van der Waals surface area contributed by atoms with Crippen LogP contribution in [0.5, 0.6) is 11.5 Å². The van der Waals surface area contributed by atoms with E-state index in [0.29, 0.717) is 19.1 Å². The normalized spacial score (nSPS) is 17.9. The van der Waals surface area contributed by atoms with E-state index in [1.807, 2.05) is 25.2 Å². The van der Waals surface area contributed by atoms with E-state index in [-0.39, 0.29) is 6.04 Å². The molecule has 0 aliphatic carbocycles. The van der Waals surface area contributed by atoms with Crippen LogP contribution in [0.15, 0.2) is 18.2 Å². The summed E-state index contributed by atoms with van der Waals surface area (Å²) < 4.78 is 11.3. The number of fused-ring (bicyclic) bond motifs is 1. The fourth-order valence-electron chi connectivity index (χ4n) is 2.43. The molecule has 0 radical (unpaired) electrons. The van der Waals surface area contributed by atoms with E-state index < -0.39 is 6.10 Å². The fraction of sp³-hybridized carbons (Fsp3) is 0.600. The molecule has 0 aromatic heterocycles. The first kappa shape index (κ1) is 14.2. The second-order valence-corrected chi connectivity index (χ2v) is 5.26. The molecule has 0 saturated heterocycles. The molecule has 4 heteroatoms. The lowest BCUT2D eigenvalue weighted by molar-refractivity contribution is 0.109. The maximum atomic E-state index is 10.5. The molecule has 0 saturated carbocycles. The predicted molar refractivity (Wildman–Crippen MR) is 74.7 cm³/mol. The van der Waals surface area contributed by atoms with Gasteiger partial charge < -0.3 is 19.9 Å². The molecule has 2 N–H and O–H groups in total. The van der Waals surface area contributed by atoms with Crippen molar-refractivity contribution in [3.05, 3.63) is 23.8 Å². The first-order chi connectivity index (χ1) is 9.13. The van der Waals surface area contributed by atoms with E-state index in [4.69, 9.17) is 9.47 Å². The van der Waals surface area contributed by atoms with Crippen LogP contribution in [0.2, 0.25) is 0 Å². The molecular weight excluding hydrogens is 242 g/mol. The lowest BCUT2D eigenvalue weighted by Gasteiger charge is -2.26. The van der Waals surface area contributed by atoms with Crippen molar-refractivity contribution in [2.45, 2.75) is 32.4 Å². The molecule has 1 aromatic carbocycles. The average Bonchev–Trinajstić information content (AvgIpc) is 2.63. The number of hydrogen-bond donors (Lipinski definition) is 2. The molecular formula is C15H23NO3. The molecule has 0 bridgehead atoms. The number of hydrogen-bond acceptors (Lipinski definition) is 4. The molecule has 2 rings (SSSR count). The van der Waals surface area contributed by atoms with Crippen LogP contribution in [0.3, 0.4) is 0 Å². The Morgan fingerprint density at radius 3 is 2.47 bits per heavy atom. The van der Waals surface area contributed by atoms with Gasteiger partial charge in [-0.15, -0.1) is 0 Å². The van der Waals surface area contributed by atoms with Gasteiger partial charge in [-0.25, -0.2) is 0 Å². The maximum Gasteiger partial charge on any atom is 0.161 e. The predicted octanol–water partition coefficient (Wildman–Crippen LogP) is 2.13. The number of rotatable bonds is 4. The molecule has 4 nitrogen and oxygen atoms in total. The lowest BCUT2D eigenvalue weighted by Crippen LogP contribution is -2.36. The van der Waals surface area contributed by atoms with E-state index >= 15 is 0 Å². The van der Waals surface area contributed by atoms with Crippen LogP contribution in [0, 0.1) is 5.92 Å². The number of likely N-dealkylation sites (N-methyl/N-ethyl adjacent to an activating group) is 1. The van der Waals surface area contributed by atoms with Crippen LogP contribution in [-0.2, 0) is 0 Å². The van der Waals surface area contributed by atoms with Crippen molar-refractivity contribution in [1.82, 2.24) is 5.32 Å². The largest absolute Gasteiger partial charge is 0.490 e. The zero-order chi connectivity index (χ0) is 13.8. The summed E-state index contributed by atoms with van der Waals surface area (Å²) in [4.78, 5) is 0. The van der Waals surface area contributed by atoms with Gasteiger partial charge in [0.25, 0.3) is 0 Å². The second kappa shape index (κ2) is 6.26. The minimum atomic E-state index is -0.554. The Labute approximate surface area is 114 Å². The van der Waals surface area contributed by atoms with Gasteiger partial charge in [0.2, 0.25) is 0 Å². The zero-order valence-electron chi connectivity index (χ0n) is 11.8. The van der Waals surface area contributed by atoms with Gasteiger partial charge >= 0.3 is 0 Å². The van der Waals surface area contributed by atoms with Crippen molar-refractivity contribution < 1.29 is 14.6 Å². The minimum absolute atomic E-state index is 0.0183. The molecule has 2 atom stereocenters. The first-order valence-corrected chi connectivity index (χ1v) is 6.88. The standard InChI is InChI=1S/C15H23NO3/c1-10(2)14(16-3)15(17)11-5-6-12-13(9-11)19-8-4-7-18-12/h5-6,9-10,14-17H,4,7-8H2,1-3H3. The summed E-state index contributed by atoms with van der Waals surface area (Å²) in [5.41, 5.74) is 0.859. The Bertz CT molecular complexity index is 420. The van der Waals surface area contributed by atoms with Gasteiger partial charge in [0.1, 0.15) is 0 Å². The summed E-state index contributed by atoms with van der Waals surface area (Å²) in [5.74, 6) is 1.84. The van der Waals surface area contributed by atoms with Crippen molar-refractivity contribution in [1.29, 1.82) is 0 Å². The first-order valence-electron chi connectivity index (χ1n) is 6.88. The van der Waals surface area contributed by atoms with Crippen molar-refractivity contribution in [3.8, 4) is 11.5 Å². The van der Waals surface area contributed by atoms with Crippen LogP contribution >= 0.6 is 0 Å². The molecule has 1 aromatic rings. The highest BCUT2D eigenvalue weighted by molar-refractivity contribution is 5.44. The molecule has 106 valence electrons. The summed E-state index contributed by atoms with van der Waals surface area (Å²) in [6, 6.07) is 5.69. The number of ether oxygens (including phenoxy) is 2. The number of aliphatic hydroxyl groups is 1. The number of aliphatic hydroxyl groups excluding tert-OH is 1. The maximum absolute atomic E-state index is 10.5. The van der Waals surface area contributed by atoms with Crippen molar-refractivity contribution in [2.24, 2.45) is 5.92 Å². The van der Waals surface area contributed by atoms with Gasteiger partial charge in [-0.2, -0.15) is 0 Å². The third-order valence-electron chi connectivity index (χ3n) is 3.50. The molecule has 1 aliphatic heterocycles. The summed E-state index contributed by atoms with van der Waals surface area (Å²) in [7, 11) is 1.87. The molecule has 2 unspecified atom stereocenters. The summed E-state index contributed by atoms with van der Waals surface area (Å²) in [5, 5.41) is 13.6. The topological polar surface area (TPSA) is 50.7 Å². The summed E-state index contributed by atoms with van der Waals surface area (Å²) in [6.45, 7) is 5.52. The van der Waals surface area contributed by atoms with Crippen LogP contribution in [0.1, 0.15) is 31.9 Å². The van der Waals surface area contributed by atoms with Crippen LogP contribution < -0.4 is 14.8 Å². The average molecular weight is 265 g/mol. The highest BCUT2D eigenvalue weighted by Crippen LogP contribution is 2.33. The number of nitrogens with one attached hydrogen (secondary N) is 1. The van der Waals surface area contributed by atoms with Crippen LogP contribution in [-0.4, -0.2) is 31.4 Å². The van der Waals surface area contributed by atoms with Gasteiger partial charge in [-0.3, -0.25) is 0 Å². The van der Waals surface area contributed by atoms with Crippen molar-refractivity contribution in [3.63, 3.8) is 0 Å². The molecule has 1 aliphatic rings. The summed E-state index contributed by atoms with van der Waals surface area (Å²) in [6.07, 6.45) is 0.333. The Kier molecular flexibility index (Phi) is 4.66. The fourth-order valence-corrected chi connectivity index (χ4v) is 2.43. The van der Waals surface area contributed by atoms with E-state index in [1.165, 1.54) is 0 Å². The van der Waals surface area contributed by atoms with Gasteiger partial charge in [0.05, 0.1) is 19.3 Å². The van der Waals surface area contributed by atoms with Crippen LogP contribution in [0.4, 0.5) is 0 Å². The van der Waals surface area contributed by atoms with Gasteiger partial charge in [-0.1, -0.05) is 19.9 Å². The Morgan fingerprint density at radius 2 is 1.84 bits per heavy atom. The Morgan fingerprint density at radius 1 is 1.16 bits per heavy atom. The lowest BCUT2D eigenvalue weighted by atomic mass is 9.93. The molecule has 0 spiro atoms. The van der Waals surface area contributed by atoms with E-state index in [0.717, 1.165) is 23.5 Å². The van der Waals surface area contributed by atoms with E-state index in [1.54, 1.807) is 0 Å². The van der Waals surface area contributed by atoms with Gasteiger partial charge in [-0.05, 0) is 30.7 Å². The van der Waals surface area contributed by atoms with Gasteiger partial charge in [0.15, 0.2) is 11.5 Å². The highest BCUT2D eigenvalue weighted by Gasteiger charge is 2.23. The molecule has 19 heavy (non-hydrogen) atoms. The van der Waals surface area contributed by atoms with Crippen molar-refractivity contribution >= 4 is 0 Å². The smallest absolute Gasteiger partial charge is 0.161 e. The highest BCUT2D eigenvalue weighted by atomic mass is 16.5. The zero-order valence-corrected chi connectivity index (χ0v) is 11.8. The molecule has 0 fully saturated rings. The van der Waals surface area contributed by atoms with E-state index in [2.05, 4.69) is 19.2 Å². The van der Waals surface area contributed by atoms with E-state index in [9.17, 15) is 5.11 Å². The third-order valence-corrected chi connectivity index (χ3v) is 3.50. The minimum Gasteiger partial charge on any atom is -0.490 e. The second-order valence-electron chi connectivity index (χ2n) is 5.26. The monoisotopic (exact) mass is 265 g/mol. The molecule has 1 heterocycles. The Balaban J connectivity index is 2.23. The molecule has 0 amide bonds. The van der Waals surface area contributed by atoms with Crippen LogP contribution in [0.25, 0.3) is 0 Å². The SMILES string of the molecule is CNC(C(C)C)C(O)c1ccc2c(c1)OCCCO2. The third kappa shape index (κ3) is 3.19.